The SMILES string of the molecule is CCC(C)NC(=O)CCNC1CC(=O)N(C2CC2)C1=O. The second-order valence-corrected chi connectivity index (χ2v) is 5.67. The van der Waals surface area contributed by atoms with Crippen molar-refractivity contribution in [3.05, 3.63) is 0 Å². The van der Waals surface area contributed by atoms with E-state index in [-0.39, 0.29) is 36.2 Å². The molecule has 0 aromatic rings. The molecule has 1 aliphatic carbocycles. The van der Waals surface area contributed by atoms with E-state index in [1.165, 1.54) is 4.90 Å². The van der Waals surface area contributed by atoms with Crippen molar-refractivity contribution in [3.63, 3.8) is 0 Å². The van der Waals surface area contributed by atoms with E-state index >= 15 is 0 Å². The average Bonchev–Trinajstić information content (AvgIpc) is 3.17. The highest BCUT2D eigenvalue weighted by atomic mass is 16.2. The van der Waals surface area contributed by atoms with Gasteiger partial charge in [-0.2, -0.15) is 0 Å². The molecule has 1 saturated heterocycles. The van der Waals surface area contributed by atoms with Gasteiger partial charge >= 0.3 is 0 Å². The summed E-state index contributed by atoms with van der Waals surface area (Å²) in [4.78, 5) is 36.8. The minimum absolute atomic E-state index is 0.0253. The molecule has 0 aromatic carbocycles. The number of nitrogens with one attached hydrogen (secondary N) is 2. The van der Waals surface area contributed by atoms with Crippen LogP contribution < -0.4 is 10.6 Å². The fourth-order valence-electron chi connectivity index (χ4n) is 2.34. The standard InChI is InChI=1S/C14H23N3O3/c1-3-9(2)16-12(18)6-7-15-11-8-13(19)17(14(11)20)10-4-5-10/h9-11,15H,3-8H2,1-2H3,(H,16,18). The van der Waals surface area contributed by atoms with Crippen LogP contribution in [0.2, 0.25) is 0 Å². The Balaban J connectivity index is 1.71. The molecule has 2 N–H and O–H groups in total. The van der Waals surface area contributed by atoms with Crippen LogP contribution >= 0.6 is 0 Å². The molecule has 1 heterocycles. The largest absolute Gasteiger partial charge is 0.354 e. The summed E-state index contributed by atoms with van der Waals surface area (Å²) in [5.41, 5.74) is 0. The number of carbonyl (C=O) groups is 3. The van der Waals surface area contributed by atoms with E-state index in [1.807, 2.05) is 13.8 Å². The van der Waals surface area contributed by atoms with Crippen LogP contribution in [0.25, 0.3) is 0 Å². The quantitative estimate of drug-likeness (QED) is 0.652. The molecule has 3 amide bonds. The van der Waals surface area contributed by atoms with Crippen molar-refractivity contribution in [3.8, 4) is 0 Å². The summed E-state index contributed by atoms with van der Waals surface area (Å²) in [6.07, 6.45) is 3.31. The van der Waals surface area contributed by atoms with Crippen LogP contribution in [0.3, 0.4) is 0 Å². The van der Waals surface area contributed by atoms with Crippen LogP contribution in [-0.2, 0) is 14.4 Å². The number of amides is 3. The van der Waals surface area contributed by atoms with Crippen molar-refractivity contribution in [1.82, 2.24) is 15.5 Å². The summed E-state index contributed by atoms with van der Waals surface area (Å²) in [6, 6.07) is -0.141. The third-order valence-corrected chi connectivity index (χ3v) is 3.86. The Morgan fingerprint density at radius 2 is 2.10 bits per heavy atom. The summed E-state index contributed by atoms with van der Waals surface area (Å²) in [6.45, 7) is 4.39. The van der Waals surface area contributed by atoms with Gasteiger partial charge in [0.2, 0.25) is 17.7 Å². The topological polar surface area (TPSA) is 78.5 Å². The number of likely N-dealkylation sites (tertiary alicyclic amines) is 1. The number of nitrogens with zero attached hydrogens (tertiary/aromatic N) is 1. The molecule has 6 nitrogen and oxygen atoms in total. The van der Waals surface area contributed by atoms with Crippen LogP contribution in [0.4, 0.5) is 0 Å². The summed E-state index contributed by atoms with van der Waals surface area (Å²) < 4.78 is 0. The van der Waals surface area contributed by atoms with Gasteiger partial charge in [-0.1, -0.05) is 6.92 Å². The lowest BCUT2D eigenvalue weighted by Gasteiger charge is -2.15. The number of hydrogen-bond acceptors (Lipinski definition) is 4. The maximum absolute atomic E-state index is 12.0. The van der Waals surface area contributed by atoms with Crippen LogP contribution in [0.15, 0.2) is 0 Å². The van der Waals surface area contributed by atoms with E-state index in [2.05, 4.69) is 10.6 Å². The predicted molar refractivity (Wildman–Crippen MR) is 73.8 cm³/mol. The smallest absolute Gasteiger partial charge is 0.247 e. The average molecular weight is 281 g/mol. The minimum Gasteiger partial charge on any atom is -0.354 e. The fourth-order valence-corrected chi connectivity index (χ4v) is 2.34. The van der Waals surface area contributed by atoms with Gasteiger partial charge in [0.1, 0.15) is 0 Å². The van der Waals surface area contributed by atoms with Gasteiger partial charge < -0.3 is 10.6 Å². The van der Waals surface area contributed by atoms with Gasteiger partial charge in [0.25, 0.3) is 0 Å². The molecule has 6 heteroatoms. The summed E-state index contributed by atoms with van der Waals surface area (Å²) >= 11 is 0. The molecule has 1 aliphatic heterocycles. The molecule has 112 valence electrons. The zero-order chi connectivity index (χ0) is 14.7. The Morgan fingerprint density at radius 3 is 2.70 bits per heavy atom. The van der Waals surface area contributed by atoms with Crippen LogP contribution in [0, 0.1) is 0 Å². The van der Waals surface area contributed by atoms with Gasteiger partial charge in [0.15, 0.2) is 0 Å². The Morgan fingerprint density at radius 1 is 1.40 bits per heavy atom. The Hall–Kier alpha value is -1.43. The van der Waals surface area contributed by atoms with Crippen molar-refractivity contribution < 1.29 is 14.4 Å². The van der Waals surface area contributed by atoms with Crippen LogP contribution in [0.1, 0.15) is 46.0 Å². The molecular weight excluding hydrogens is 258 g/mol. The Labute approximate surface area is 119 Å². The lowest BCUT2D eigenvalue weighted by molar-refractivity contribution is -0.139. The lowest BCUT2D eigenvalue weighted by Crippen LogP contribution is -2.41. The first kappa shape index (κ1) is 15.0. The summed E-state index contributed by atoms with van der Waals surface area (Å²) in [5.74, 6) is -0.235. The normalized spacial score (nSPS) is 24.1. The number of carbonyl (C=O) groups excluding carboxylic acids is 3. The molecule has 20 heavy (non-hydrogen) atoms. The molecule has 0 spiro atoms. The van der Waals surface area contributed by atoms with E-state index in [0.29, 0.717) is 13.0 Å². The highest BCUT2D eigenvalue weighted by Gasteiger charge is 2.45. The molecule has 1 saturated carbocycles. The van der Waals surface area contributed by atoms with Gasteiger partial charge in [0.05, 0.1) is 12.5 Å². The molecule has 0 radical (unpaired) electrons. The second kappa shape index (κ2) is 6.35. The van der Waals surface area contributed by atoms with E-state index in [0.717, 1.165) is 19.3 Å². The fraction of sp³-hybridized carbons (Fsp3) is 0.786. The van der Waals surface area contributed by atoms with E-state index in [1.54, 1.807) is 0 Å². The highest BCUT2D eigenvalue weighted by Crippen LogP contribution is 2.31. The highest BCUT2D eigenvalue weighted by molar-refractivity contribution is 6.06. The van der Waals surface area contributed by atoms with Gasteiger partial charge in [-0.05, 0) is 26.2 Å². The predicted octanol–water partition coefficient (Wildman–Crippen LogP) is 0.171. The summed E-state index contributed by atoms with van der Waals surface area (Å²) in [5, 5.41) is 5.89. The number of hydrogen-bond donors (Lipinski definition) is 2. The van der Waals surface area contributed by atoms with Gasteiger partial charge in [0, 0.05) is 25.0 Å². The van der Waals surface area contributed by atoms with E-state index < -0.39 is 6.04 Å². The second-order valence-electron chi connectivity index (χ2n) is 5.67. The first-order valence-corrected chi connectivity index (χ1v) is 7.41. The molecule has 2 aliphatic rings. The Bertz CT molecular complexity index is 406. The number of rotatable bonds is 7. The lowest BCUT2D eigenvalue weighted by atomic mass is 10.2. The summed E-state index contributed by atoms with van der Waals surface area (Å²) in [7, 11) is 0. The maximum Gasteiger partial charge on any atom is 0.247 e. The third-order valence-electron chi connectivity index (χ3n) is 3.86. The van der Waals surface area contributed by atoms with Gasteiger partial charge in [-0.15, -0.1) is 0 Å². The molecule has 2 fully saturated rings. The third kappa shape index (κ3) is 3.56. The molecule has 0 bridgehead atoms. The van der Waals surface area contributed by atoms with Crippen LogP contribution in [0.5, 0.6) is 0 Å². The van der Waals surface area contributed by atoms with E-state index in [4.69, 9.17) is 0 Å². The van der Waals surface area contributed by atoms with Gasteiger partial charge in [-0.25, -0.2) is 0 Å². The van der Waals surface area contributed by atoms with E-state index in [9.17, 15) is 14.4 Å². The van der Waals surface area contributed by atoms with Crippen LogP contribution in [-0.4, -0.2) is 47.3 Å². The molecule has 2 atom stereocenters. The Kier molecular flexibility index (Phi) is 4.75. The first-order valence-electron chi connectivity index (χ1n) is 7.41. The van der Waals surface area contributed by atoms with Crippen molar-refractivity contribution in [2.75, 3.05) is 6.54 Å². The van der Waals surface area contributed by atoms with Gasteiger partial charge in [-0.3, -0.25) is 19.3 Å². The molecule has 2 unspecified atom stereocenters. The number of imide groups is 1. The zero-order valence-electron chi connectivity index (χ0n) is 12.1. The van der Waals surface area contributed by atoms with Crippen molar-refractivity contribution in [1.29, 1.82) is 0 Å². The maximum atomic E-state index is 12.0. The van der Waals surface area contributed by atoms with Crippen molar-refractivity contribution in [2.45, 2.75) is 64.1 Å². The minimum atomic E-state index is -0.445. The molecule has 2 rings (SSSR count). The monoisotopic (exact) mass is 281 g/mol. The molecular formula is C14H23N3O3. The molecule has 0 aromatic heterocycles. The zero-order valence-corrected chi connectivity index (χ0v) is 12.1. The first-order chi connectivity index (χ1) is 9.52. The van der Waals surface area contributed by atoms with Crippen molar-refractivity contribution in [2.24, 2.45) is 0 Å². The van der Waals surface area contributed by atoms with Crippen molar-refractivity contribution >= 4 is 17.7 Å².